The molecule has 0 unspecified atom stereocenters. The number of para-hydroxylation sites is 1. The van der Waals surface area contributed by atoms with Gasteiger partial charge in [-0.05, 0) is 71.7 Å². The predicted molar refractivity (Wildman–Crippen MR) is 105 cm³/mol. The SMILES string of the molecule is CC(C)n1cc(C(=O)CCCCCN2CC[CH]CC2)c2ccccc21. The Kier molecular flexibility index (Phi) is 6.30. The molecular formula is C22H31N2O. The number of carbonyl (C=O) groups is 1. The molecule has 135 valence electrons. The number of Topliss-reactive ketones (excluding diaryl/α,β-unsaturated/α-hetero) is 1. The van der Waals surface area contributed by atoms with Gasteiger partial charge in [-0.3, -0.25) is 4.79 Å². The molecule has 1 aliphatic heterocycles. The van der Waals surface area contributed by atoms with E-state index in [0.29, 0.717) is 18.2 Å². The molecule has 2 heterocycles. The van der Waals surface area contributed by atoms with E-state index < -0.39 is 0 Å². The minimum atomic E-state index is 0.295. The van der Waals surface area contributed by atoms with Gasteiger partial charge in [-0.1, -0.05) is 24.6 Å². The largest absolute Gasteiger partial charge is 0.344 e. The van der Waals surface area contributed by atoms with Gasteiger partial charge in [0.1, 0.15) is 0 Å². The number of piperidine rings is 1. The Labute approximate surface area is 152 Å². The Morgan fingerprint density at radius 3 is 2.60 bits per heavy atom. The summed E-state index contributed by atoms with van der Waals surface area (Å²) in [5, 5.41) is 1.10. The Morgan fingerprint density at radius 1 is 1.08 bits per heavy atom. The molecule has 0 bridgehead atoms. The molecule has 0 aliphatic carbocycles. The fraction of sp³-hybridized carbons (Fsp3) is 0.545. The summed E-state index contributed by atoms with van der Waals surface area (Å²) in [7, 11) is 0. The van der Waals surface area contributed by atoms with Crippen molar-refractivity contribution in [2.24, 2.45) is 0 Å². The summed E-state index contributed by atoms with van der Waals surface area (Å²) in [6, 6.07) is 8.64. The van der Waals surface area contributed by atoms with Crippen LogP contribution in [0.4, 0.5) is 0 Å². The second kappa shape index (κ2) is 8.66. The van der Waals surface area contributed by atoms with Crippen LogP contribution in [0.5, 0.6) is 0 Å². The first-order chi connectivity index (χ1) is 12.2. The first kappa shape index (κ1) is 18.2. The van der Waals surface area contributed by atoms with E-state index in [4.69, 9.17) is 0 Å². The normalized spacial score (nSPS) is 16.0. The average Bonchev–Trinajstić information content (AvgIpc) is 3.02. The van der Waals surface area contributed by atoms with E-state index >= 15 is 0 Å². The highest BCUT2D eigenvalue weighted by Crippen LogP contribution is 2.26. The van der Waals surface area contributed by atoms with Crippen LogP contribution in [0.25, 0.3) is 10.9 Å². The van der Waals surface area contributed by atoms with Crippen LogP contribution in [0, 0.1) is 6.42 Å². The molecule has 1 aliphatic rings. The zero-order valence-corrected chi connectivity index (χ0v) is 15.7. The lowest BCUT2D eigenvalue weighted by Gasteiger charge is -2.26. The van der Waals surface area contributed by atoms with Crippen molar-refractivity contribution < 1.29 is 4.79 Å². The fourth-order valence-corrected chi connectivity index (χ4v) is 3.81. The van der Waals surface area contributed by atoms with E-state index in [1.54, 1.807) is 0 Å². The maximum Gasteiger partial charge on any atom is 0.165 e. The van der Waals surface area contributed by atoms with Gasteiger partial charge in [-0.25, -0.2) is 0 Å². The van der Waals surface area contributed by atoms with Crippen LogP contribution in [-0.2, 0) is 0 Å². The van der Waals surface area contributed by atoms with Crippen LogP contribution in [0.2, 0.25) is 0 Å². The first-order valence-electron chi connectivity index (χ1n) is 9.83. The van der Waals surface area contributed by atoms with Crippen molar-refractivity contribution in [1.29, 1.82) is 0 Å². The molecule has 2 aromatic rings. The number of hydrogen-bond acceptors (Lipinski definition) is 2. The molecule has 0 amide bonds. The van der Waals surface area contributed by atoms with Crippen LogP contribution in [0.15, 0.2) is 30.5 Å². The number of aromatic nitrogens is 1. The Bertz CT molecular complexity index is 695. The van der Waals surface area contributed by atoms with Crippen molar-refractivity contribution in [2.45, 2.75) is 58.4 Å². The molecule has 0 spiro atoms. The van der Waals surface area contributed by atoms with Gasteiger partial charge in [0.15, 0.2) is 5.78 Å². The Morgan fingerprint density at radius 2 is 1.84 bits per heavy atom. The molecule has 0 saturated carbocycles. The zero-order chi connectivity index (χ0) is 17.6. The lowest BCUT2D eigenvalue weighted by Crippen LogP contribution is -2.30. The maximum absolute atomic E-state index is 12.7. The lowest BCUT2D eigenvalue weighted by atomic mass is 10.0. The molecule has 3 rings (SSSR count). The van der Waals surface area contributed by atoms with E-state index in [9.17, 15) is 4.79 Å². The molecule has 25 heavy (non-hydrogen) atoms. The Balaban J connectivity index is 1.52. The van der Waals surface area contributed by atoms with Crippen molar-refractivity contribution in [2.75, 3.05) is 19.6 Å². The minimum Gasteiger partial charge on any atom is -0.344 e. The molecule has 0 N–H and O–H groups in total. The van der Waals surface area contributed by atoms with Gasteiger partial charge in [-0.2, -0.15) is 0 Å². The lowest BCUT2D eigenvalue weighted by molar-refractivity contribution is 0.0980. The van der Waals surface area contributed by atoms with E-state index in [1.165, 1.54) is 44.4 Å². The zero-order valence-electron chi connectivity index (χ0n) is 15.7. The molecular weight excluding hydrogens is 308 g/mol. The number of nitrogens with zero attached hydrogens (tertiary/aromatic N) is 2. The summed E-state index contributed by atoms with van der Waals surface area (Å²) in [5.74, 6) is 0.295. The fourth-order valence-electron chi connectivity index (χ4n) is 3.81. The van der Waals surface area contributed by atoms with Gasteiger partial charge in [-0.15, -0.1) is 0 Å². The van der Waals surface area contributed by atoms with Crippen molar-refractivity contribution in [1.82, 2.24) is 9.47 Å². The van der Waals surface area contributed by atoms with Gasteiger partial charge >= 0.3 is 0 Å². The number of unbranched alkanes of at least 4 members (excludes halogenated alkanes) is 2. The van der Waals surface area contributed by atoms with E-state index in [-0.39, 0.29) is 0 Å². The van der Waals surface area contributed by atoms with Gasteiger partial charge < -0.3 is 9.47 Å². The number of likely N-dealkylation sites (tertiary alicyclic amines) is 1. The highest BCUT2D eigenvalue weighted by molar-refractivity contribution is 6.08. The van der Waals surface area contributed by atoms with Crippen molar-refractivity contribution in [3.05, 3.63) is 42.4 Å². The molecule has 3 nitrogen and oxygen atoms in total. The second-order valence-corrected chi connectivity index (χ2v) is 7.50. The highest BCUT2D eigenvalue weighted by Gasteiger charge is 2.16. The third kappa shape index (κ3) is 4.52. The van der Waals surface area contributed by atoms with Crippen molar-refractivity contribution in [3.63, 3.8) is 0 Å². The summed E-state index contributed by atoms with van der Waals surface area (Å²) >= 11 is 0. The molecule has 1 aromatic carbocycles. The number of fused-ring (bicyclic) bond motifs is 1. The predicted octanol–water partition coefficient (Wildman–Crippen LogP) is 5.27. The van der Waals surface area contributed by atoms with Crippen LogP contribution in [0.3, 0.4) is 0 Å². The molecule has 1 fully saturated rings. The first-order valence-corrected chi connectivity index (χ1v) is 9.83. The average molecular weight is 340 g/mol. The number of carbonyl (C=O) groups excluding carboxylic acids is 1. The topological polar surface area (TPSA) is 25.2 Å². The summed E-state index contributed by atoms with van der Waals surface area (Å²) in [5.41, 5.74) is 2.07. The number of ketones is 1. The van der Waals surface area contributed by atoms with Crippen molar-refractivity contribution >= 4 is 16.7 Å². The van der Waals surface area contributed by atoms with E-state index in [2.05, 4.69) is 48.1 Å². The van der Waals surface area contributed by atoms with Crippen LogP contribution >= 0.6 is 0 Å². The van der Waals surface area contributed by atoms with Gasteiger partial charge in [0.25, 0.3) is 0 Å². The summed E-state index contributed by atoms with van der Waals surface area (Å²) in [6.07, 6.45) is 10.9. The smallest absolute Gasteiger partial charge is 0.165 e. The third-order valence-electron chi connectivity index (χ3n) is 5.27. The van der Waals surface area contributed by atoms with Crippen LogP contribution in [-0.4, -0.2) is 34.9 Å². The van der Waals surface area contributed by atoms with Crippen LogP contribution < -0.4 is 0 Å². The second-order valence-electron chi connectivity index (χ2n) is 7.50. The number of benzene rings is 1. The maximum atomic E-state index is 12.7. The monoisotopic (exact) mass is 339 g/mol. The van der Waals surface area contributed by atoms with Gasteiger partial charge in [0.05, 0.1) is 0 Å². The van der Waals surface area contributed by atoms with Gasteiger partial charge in [0, 0.05) is 35.1 Å². The summed E-state index contributed by atoms with van der Waals surface area (Å²) < 4.78 is 2.22. The quantitative estimate of drug-likeness (QED) is 0.484. The summed E-state index contributed by atoms with van der Waals surface area (Å²) in [4.78, 5) is 15.3. The molecule has 1 aromatic heterocycles. The van der Waals surface area contributed by atoms with Crippen LogP contribution in [0.1, 0.15) is 68.8 Å². The van der Waals surface area contributed by atoms with Crippen molar-refractivity contribution in [3.8, 4) is 0 Å². The molecule has 0 atom stereocenters. The highest BCUT2D eigenvalue weighted by atomic mass is 16.1. The third-order valence-corrected chi connectivity index (χ3v) is 5.27. The minimum absolute atomic E-state index is 0.295. The van der Waals surface area contributed by atoms with E-state index in [1.807, 2.05) is 12.1 Å². The molecule has 1 radical (unpaired) electrons. The standard InChI is InChI=1S/C22H31N2O/c1-18(2)24-17-20(19-11-6-7-12-21(19)24)22(25)13-5-3-8-14-23-15-9-4-10-16-23/h4,6-7,11-12,17-18H,3,5,8-10,13-16H2,1-2H3. The number of hydrogen-bond donors (Lipinski definition) is 0. The van der Waals surface area contributed by atoms with Gasteiger partial charge in [0.2, 0.25) is 0 Å². The Hall–Kier alpha value is -1.61. The number of rotatable bonds is 8. The molecule has 1 saturated heterocycles. The van der Waals surface area contributed by atoms with E-state index in [0.717, 1.165) is 23.8 Å². The molecule has 3 heteroatoms. The summed E-state index contributed by atoms with van der Waals surface area (Å²) in [6.45, 7) is 7.95.